The fourth-order valence-corrected chi connectivity index (χ4v) is 3.66. The van der Waals surface area contributed by atoms with E-state index in [1.165, 1.54) is 4.31 Å². The lowest BCUT2D eigenvalue weighted by atomic mass is 9.85. The van der Waals surface area contributed by atoms with Crippen molar-refractivity contribution >= 4 is 22.6 Å². The molecule has 0 aromatic heterocycles. The molecule has 1 aliphatic rings. The van der Waals surface area contributed by atoms with Crippen molar-refractivity contribution in [1.29, 1.82) is 0 Å². The molecule has 7 heteroatoms. The molecule has 1 fully saturated rings. The molecule has 0 radical (unpaired) electrons. The highest BCUT2D eigenvalue weighted by Crippen LogP contribution is 2.24. The van der Waals surface area contributed by atoms with Crippen LogP contribution in [0, 0.1) is 5.92 Å². The van der Waals surface area contributed by atoms with Crippen LogP contribution >= 0.6 is 12.4 Å². The van der Waals surface area contributed by atoms with Crippen LogP contribution in [0.5, 0.6) is 0 Å². The molecule has 0 spiro atoms. The van der Waals surface area contributed by atoms with Crippen LogP contribution in [0.25, 0.3) is 0 Å². The van der Waals surface area contributed by atoms with E-state index < -0.39 is 10.2 Å². The third kappa shape index (κ3) is 5.01. The van der Waals surface area contributed by atoms with Crippen LogP contribution in [-0.2, 0) is 10.2 Å². The summed E-state index contributed by atoms with van der Waals surface area (Å²) in [6.45, 7) is 3.08. The summed E-state index contributed by atoms with van der Waals surface area (Å²) in [6.07, 6.45) is 5.00. The van der Waals surface area contributed by atoms with Crippen molar-refractivity contribution in [3.05, 3.63) is 0 Å². The Hall–Kier alpha value is 0.120. The second-order valence-corrected chi connectivity index (χ2v) is 6.64. The average Bonchev–Trinajstić information content (AvgIpc) is 2.29. The smallest absolute Gasteiger partial charge is 0.279 e. The highest BCUT2D eigenvalue weighted by Gasteiger charge is 2.29. The Bertz CT molecular complexity index is 324. The number of hydrogen-bond donors (Lipinski definition) is 2. The molecule has 18 heavy (non-hydrogen) atoms. The quantitative estimate of drug-likeness (QED) is 0.771. The Morgan fingerprint density at radius 2 is 1.94 bits per heavy atom. The molecule has 0 aliphatic heterocycles. The molecule has 0 amide bonds. The van der Waals surface area contributed by atoms with Crippen LogP contribution in [0.2, 0.25) is 0 Å². The first-order valence-corrected chi connectivity index (χ1v) is 7.89. The summed E-state index contributed by atoms with van der Waals surface area (Å²) < 4.78 is 28.2. The van der Waals surface area contributed by atoms with Gasteiger partial charge in [0, 0.05) is 19.6 Å². The molecule has 1 aliphatic carbocycles. The monoisotopic (exact) mass is 299 g/mol. The van der Waals surface area contributed by atoms with Gasteiger partial charge >= 0.3 is 0 Å². The van der Waals surface area contributed by atoms with Crippen LogP contribution in [0.3, 0.4) is 0 Å². The van der Waals surface area contributed by atoms with Crippen LogP contribution in [0.4, 0.5) is 0 Å². The van der Waals surface area contributed by atoms with Gasteiger partial charge in [-0.15, -0.1) is 12.4 Å². The standard InChI is InChI=1S/C11H25N3O2S.ClH/c1-3-8-14(2)17(15,16)13-11-7-5-4-6-10(11)9-12;/h10-11,13H,3-9,12H2,1-2H3;1H. The van der Waals surface area contributed by atoms with Crippen LogP contribution in [0.15, 0.2) is 0 Å². The van der Waals surface area contributed by atoms with Gasteiger partial charge in [0.15, 0.2) is 0 Å². The molecule has 1 saturated carbocycles. The van der Waals surface area contributed by atoms with Crippen LogP contribution < -0.4 is 10.5 Å². The van der Waals surface area contributed by atoms with Gasteiger partial charge in [0.05, 0.1) is 0 Å². The second kappa shape index (κ2) is 8.32. The van der Waals surface area contributed by atoms with Crippen molar-refractivity contribution in [2.24, 2.45) is 11.7 Å². The fraction of sp³-hybridized carbons (Fsp3) is 1.00. The number of nitrogens with one attached hydrogen (secondary N) is 1. The summed E-state index contributed by atoms with van der Waals surface area (Å²) in [7, 11) is -1.72. The summed E-state index contributed by atoms with van der Waals surface area (Å²) in [5, 5.41) is 0. The largest absolute Gasteiger partial charge is 0.330 e. The maximum absolute atomic E-state index is 12.0. The molecule has 0 aromatic rings. The van der Waals surface area contributed by atoms with E-state index >= 15 is 0 Å². The maximum atomic E-state index is 12.0. The zero-order valence-electron chi connectivity index (χ0n) is 11.3. The molecule has 1 rings (SSSR count). The van der Waals surface area contributed by atoms with Crippen molar-refractivity contribution in [3.63, 3.8) is 0 Å². The van der Waals surface area contributed by atoms with E-state index in [1.807, 2.05) is 6.92 Å². The van der Waals surface area contributed by atoms with Gasteiger partial charge in [0.25, 0.3) is 10.2 Å². The Labute approximate surface area is 117 Å². The molecular weight excluding hydrogens is 274 g/mol. The highest BCUT2D eigenvalue weighted by atomic mass is 35.5. The van der Waals surface area contributed by atoms with Crippen LogP contribution in [-0.4, -0.2) is 38.9 Å². The Kier molecular flexibility index (Phi) is 8.38. The van der Waals surface area contributed by atoms with Crippen molar-refractivity contribution in [2.45, 2.75) is 45.1 Å². The van der Waals surface area contributed by atoms with E-state index in [-0.39, 0.29) is 24.4 Å². The molecule has 0 bridgehead atoms. The van der Waals surface area contributed by atoms with E-state index in [1.54, 1.807) is 7.05 Å². The number of halogens is 1. The first kappa shape index (κ1) is 18.1. The summed E-state index contributed by atoms with van der Waals surface area (Å²) >= 11 is 0. The number of rotatable bonds is 6. The average molecular weight is 300 g/mol. The minimum atomic E-state index is -3.34. The van der Waals surface area contributed by atoms with Crippen molar-refractivity contribution in [1.82, 2.24) is 9.03 Å². The number of hydrogen-bond acceptors (Lipinski definition) is 3. The summed E-state index contributed by atoms with van der Waals surface area (Å²) in [5.74, 6) is 0.286. The fourth-order valence-electron chi connectivity index (χ4n) is 2.36. The molecule has 5 nitrogen and oxygen atoms in total. The third-order valence-corrected chi connectivity index (χ3v) is 5.06. The molecule has 2 unspecified atom stereocenters. The summed E-state index contributed by atoms with van der Waals surface area (Å²) in [5.41, 5.74) is 5.70. The lowest BCUT2D eigenvalue weighted by Crippen LogP contribution is -2.49. The normalized spacial score (nSPS) is 24.9. The minimum absolute atomic E-state index is 0. The van der Waals surface area contributed by atoms with Gasteiger partial charge in [-0.05, 0) is 31.7 Å². The van der Waals surface area contributed by atoms with E-state index in [9.17, 15) is 8.42 Å². The lowest BCUT2D eigenvalue weighted by Gasteiger charge is -2.32. The molecular formula is C11H26ClN3O2S. The second-order valence-electron chi connectivity index (χ2n) is 4.83. The van der Waals surface area contributed by atoms with Gasteiger partial charge in [-0.25, -0.2) is 0 Å². The van der Waals surface area contributed by atoms with Crippen molar-refractivity contribution in [3.8, 4) is 0 Å². The third-order valence-electron chi connectivity index (χ3n) is 3.46. The van der Waals surface area contributed by atoms with Gasteiger partial charge in [0.2, 0.25) is 0 Å². The zero-order valence-corrected chi connectivity index (χ0v) is 12.9. The molecule has 0 heterocycles. The van der Waals surface area contributed by atoms with Crippen molar-refractivity contribution in [2.75, 3.05) is 20.1 Å². The molecule has 3 N–H and O–H groups in total. The maximum Gasteiger partial charge on any atom is 0.279 e. The Morgan fingerprint density at radius 3 is 2.50 bits per heavy atom. The van der Waals surface area contributed by atoms with Crippen LogP contribution in [0.1, 0.15) is 39.0 Å². The van der Waals surface area contributed by atoms with Crippen molar-refractivity contribution < 1.29 is 8.42 Å². The molecule has 0 saturated heterocycles. The highest BCUT2D eigenvalue weighted by molar-refractivity contribution is 7.87. The zero-order chi connectivity index (χ0) is 12.9. The lowest BCUT2D eigenvalue weighted by molar-refractivity contribution is 0.290. The summed E-state index contributed by atoms with van der Waals surface area (Å²) in [4.78, 5) is 0. The van der Waals surface area contributed by atoms with E-state index in [0.29, 0.717) is 13.1 Å². The molecule has 110 valence electrons. The topological polar surface area (TPSA) is 75.4 Å². The van der Waals surface area contributed by atoms with Gasteiger partial charge in [-0.3, -0.25) is 0 Å². The predicted molar refractivity (Wildman–Crippen MR) is 77.0 cm³/mol. The Balaban J connectivity index is 0.00000289. The first-order valence-electron chi connectivity index (χ1n) is 6.45. The van der Waals surface area contributed by atoms with Gasteiger partial charge in [-0.1, -0.05) is 19.8 Å². The Morgan fingerprint density at radius 1 is 1.33 bits per heavy atom. The van der Waals surface area contributed by atoms with E-state index in [0.717, 1.165) is 32.1 Å². The van der Waals surface area contributed by atoms with E-state index in [2.05, 4.69) is 4.72 Å². The van der Waals surface area contributed by atoms with Gasteiger partial charge in [-0.2, -0.15) is 17.4 Å². The number of nitrogens with two attached hydrogens (primary N) is 1. The number of nitrogens with zero attached hydrogens (tertiary/aromatic N) is 1. The summed E-state index contributed by atoms with van der Waals surface area (Å²) in [6, 6.07) is 0.0121. The molecule has 0 aromatic carbocycles. The molecule has 2 atom stereocenters. The first-order chi connectivity index (χ1) is 8.01. The van der Waals surface area contributed by atoms with E-state index in [4.69, 9.17) is 5.73 Å². The SMILES string of the molecule is CCCN(C)S(=O)(=O)NC1CCCCC1CN.Cl. The minimum Gasteiger partial charge on any atom is -0.330 e. The van der Waals surface area contributed by atoms with Gasteiger partial charge < -0.3 is 5.73 Å². The predicted octanol–water partition coefficient (Wildman–Crippen LogP) is 1.10. The van der Waals surface area contributed by atoms with Gasteiger partial charge in [0.1, 0.15) is 0 Å².